The Bertz CT molecular complexity index is 562. The van der Waals surface area contributed by atoms with Crippen LogP contribution in [-0.4, -0.2) is 4.98 Å². The molecule has 0 aliphatic rings. The Morgan fingerprint density at radius 3 is 2.41 bits per heavy atom. The highest BCUT2D eigenvalue weighted by Gasteiger charge is 2.07. The molecule has 0 aliphatic heterocycles. The summed E-state index contributed by atoms with van der Waals surface area (Å²) in [6, 6.07) is 6.63. The van der Waals surface area contributed by atoms with E-state index in [1.807, 2.05) is 0 Å². The van der Waals surface area contributed by atoms with E-state index in [4.69, 9.17) is 39.5 Å². The predicted molar refractivity (Wildman–Crippen MR) is 73.5 cm³/mol. The molecule has 0 N–H and O–H groups in total. The van der Waals surface area contributed by atoms with E-state index in [9.17, 15) is 0 Å². The van der Waals surface area contributed by atoms with Gasteiger partial charge in [-0.05, 0) is 34.1 Å². The lowest BCUT2D eigenvalue weighted by molar-refractivity contribution is 0.463. The lowest BCUT2D eigenvalue weighted by atomic mass is 10.3. The highest BCUT2D eigenvalue weighted by atomic mass is 79.9. The summed E-state index contributed by atoms with van der Waals surface area (Å²) in [4.78, 5) is 4.05. The minimum Gasteiger partial charge on any atom is -0.437 e. The third kappa shape index (κ3) is 3.26. The van der Waals surface area contributed by atoms with Crippen LogP contribution in [0.3, 0.4) is 0 Å². The van der Waals surface area contributed by atoms with Gasteiger partial charge in [-0.2, -0.15) is 0 Å². The Morgan fingerprint density at radius 2 is 1.76 bits per heavy atom. The molecule has 1 heterocycles. The molecular weight excluding hydrogens is 348 g/mol. The van der Waals surface area contributed by atoms with Crippen LogP contribution < -0.4 is 4.74 Å². The predicted octanol–water partition coefficient (Wildman–Crippen LogP) is 5.60. The lowest BCUT2D eigenvalue weighted by Gasteiger charge is -2.07. The van der Waals surface area contributed by atoms with Gasteiger partial charge in [0.15, 0.2) is 0 Å². The van der Waals surface area contributed by atoms with Gasteiger partial charge in [0.2, 0.25) is 5.88 Å². The third-order valence-electron chi connectivity index (χ3n) is 1.88. The molecular formula is C11H5BrCl3NO. The van der Waals surface area contributed by atoms with Crippen LogP contribution in [0.15, 0.2) is 34.9 Å². The van der Waals surface area contributed by atoms with Crippen molar-refractivity contribution >= 4 is 50.7 Å². The fourth-order valence-corrected chi connectivity index (χ4v) is 2.09. The summed E-state index contributed by atoms with van der Waals surface area (Å²) < 4.78 is 6.27. The maximum Gasteiger partial charge on any atom is 0.238 e. The Labute approximate surface area is 122 Å². The minimum absolute atomic E-state index is 0.313. The number of ether oxygens (including phenoxy) is 1. The van der Waals surface area contributed by atoms with Crippen LogP contribution in [0.5, 0.6) is 11.6 Å². The second kappa shape index (κ2) is 5.44. The first kappa shape index (κ1) is 13.0. The third-order valence-corrected chi connectivity index (χ3v) is 3.32. The van der Waals surface area contributed by atoms with Crippen LogP contribution >= 0.6 is 50.7 Å². The standard InChI is InChI=1S/C11H5BrCl3NO/c12-6-3-10(15)11(16-5-6)17-7-1-2-8(13)9(14)4-7/h1-5H. The molecule has 0 fully saturated rings. The zero-order valence-electron chi connectivity index (χ0n) is 8.25. The minimum atomic E-state index is 0.313. The summed E-state index contributed by atoms with van der Waals surface area (Å²) in [5, 5.41) is 1.29. The lowest BCUT2D eigenvalue weighted by Crippen LogP contribution is -1.89. The number of rotatable bonds is 2. The van der Waals surface area contributed by atoms with Gasteiger partial charge in [-0.1, -0.05) is 34.8 Å². The van der Waals surface area contributed by atoms with Crippen molar-refractivity contribution in [2.24, 2.45) is 0 Å². The first-order valence-electron chi connectivity index (χ1n) is 4.50. The fraction of sp³-hybridized carbons (Fsp3) is 0. The summed E-state index contributed by atoms with van der Waals surface area (Å²) in [6.45, 7) is 0. The zero-order valence-corrected chi connectivity index (χ0v) is 12.1. The van der Waals surface area contributed by atoms with Crippen molar-refractivity contribution in [2.45, 2.75) is 0 Å². The molecule has 17 heavy (non-hydrogen) atoms. The van der Waals surface area contributed by atoms with Gasteiger partial charge in [0, 0.05) is 16.7 Å². The fourth-order valence-electron chi connectivity index (χ4n) is 1.13. The van der Waals surface area contributed by atoms with Crippen LogP contribution in [0.25, 0.3) is 0 Å². The molecule has 0 saturated carbocycles. The van der Waals surface area contributed by atoms with Crippen molar-refractivity contribution in [1.29, 1.82) is 0 Å². The van der Waals surface area contributed by atoms with Crippen LogP contribution in [-0.2, 0) is 0 Å². The number of nitrogens with zero attached hydrogens (tertiary/aromatic N) is 1. The van der Waals surface area contributed by atoms with E-state index in [1.54, 1.807) is 30.5 Å². The summed E-state index contributed by atoms with van der Waals surface area (Å²) in [5.41, 5.74) is 0. The van der Waals surface area contributed by atoms with Crippen molar-refractivity contribution in [2.75, 3.05) is 0 Å². The molecule has 2 rings (SSSR count). The van der Waals surface area contributed by atoms with Gasteiger partial charge >= 0.3 is 0 Å². The molecule has 88 valence electrons. The van der Waals surface area contributed by atoms with E-state index in [0.29, 0.717) is 26.7 Å². The summed E-state index contributed by atoms with van der Waals surface area (Å²) in [7, 11) is 0. The van der Waals surface area contributed by atoms with E-state index in [0.717, 1.165) is 4.47 Å². The second-order valence-corrected chi connectivity index (χ2v) is 5.26. The molecule has 0 unspecified atom stereocenters. The molecule has 0 bridgehead atoms. The van der Waals surface area contributed by atoms with Gasteiger partial charge in [0.25, 0.3) is 0 Å². The van der Waals surface area contributed by atoms with E-state index in [1.165, 1.54) is 0 Å². The smallest absolute Gasteiger partial charge is 0.238 e. The SMILES string of the molecule is Clc1ccc(Oc2ncc(Br)cc2Cl)cc1Cl. The van der Waals surface area contributed by atoms with Gasteiger partial charge in [-0.25, -0.2) is 4.98 Å². The van der Waals surface area contributed by atoms with E-state index in [-0.39, 0.29) is 0 Å². The van der Waals surface area contributed by atoms with Gasteiger partial charge in [0.1, 0.15) is 10.8 Å². The molecule has 0 amide bonds. The van der Waals surface area contributed by atoms with Crippen LogP contribution in [0, 0.1) is 0 Å². The Hall–Kier alpha value is -0.480. The van der Waals surface area contributed by atoms with Crippen molar-refractivity contribution in [1.82, 2.24) is 4.98 Å². The molecule has 2 aromatic rings. The first-order chi connectivity index (χ1) is 8.06. The number of halogens is 4. The van der Waals surface area contributed by atoms with Crippen LogP contribution in [0.2, 0.25) is 15.1 Å². The van der Waals surface area contributed by atoms with Crippen LogP contribution in [0.1, 0.15) is 0 Å². The van der Waals surface area contributed by atoms with E-state index >= 15 is 0 Å². The highest BCUT2D eigenvalue weighted by Crippen LogP contribution is 2.32. The summed E-state index contributed by atoms with van der Waals surface area (Å²) in [5.74, 6) is 0.837. The number of benzene rings is 1. The monoisotopic (exact) mass is 351 g/mol. The molecule has 1 aromatic heterocycles. The summed E-state index contributed by atoms with van der Waals surface area (Å²) >= 11 is 20.9. The average Bonchev–Trinajstić information content (AvgIpc) is 2.27. The molecule has 0 radical (unpaired) electrons. The van der Waals surface area contributed by atoms with Crippen molar-refractivity contribution in [3.05, 3.63) is 50.0 Å². The van der Waals surface area contributed by atoms with E-state index < -0.39 is 0 Å². The van der Waals surface area contributed by atoms with Crippen molar-refractivity contribution < 1.29 is 4.74 Å². The topological polar surface area (TPSA) is 22.1 Å². The molecule has 0 spiro atoms. The number of hydrogen-bond donors (Lipinski definition) is 0. The summed E-state index contributed by atoms with van der Waals surface area (Å²) in [6.07, 6.45) is 1.60. The first-order valence-corrected chi connectivity index (χ1v) is 6.43. The Balaban J connectivity index is 2.28. The van der Waals surface area contributed by atoms with Crippen LogP contribution in [0.4, 0.5) is 0 Å². The maximum atomic E-state index is 5.97. The molecule has 2 nitrogen and oxygen atoms in total. The van der Waals surface area contributed by atoms with Crippen molar-refractivity contribution in [3.63, 3.8) is 0 Å². The quantitative estimate of drug-likeness (QED) is 0.701. The Kier molecular flexibility index (Phi) is 4.15. The number of aromatic nitrogens is 1. The molecule has 6 heteroatoms. The van der Waals surface area contributed by atoms with E-state index in [2.05, 4.69) is 20.9 Å². The normalized spacial score (nSPS) is 10.4. The number of hydrogen-bond acceptors (Lipinski definition) is 2. The largest absolute Gasteiger partial charge is 0.437 e. The number of pyridine rings is 1. The average molecular weight is 353 g/mol. The van der Waals surface area contributed by atoms with Crippen molar-refractivity contribution in [3.8, 4) is 11.6 Å². The second-order valence-electron chi connectivity index (χ2n) is 3.12. The van der Waals surface area contributed by atoms with Gasteiger partial charge < -0.3 is 4.74 Å². The highest BCUT2D eigenvalue weighted by molar-refractivity contribution is 9.10. The maximum absolute atomic E-state index is 5.97. The van der Waals surface area contributed by atoms with Gasteiger partial charge in [0.05, 0.1) is 10.0 Å². The molecule has 0 saturated heterocycles. The zero-order chi connectivity index (χ0) is 12.4. The van der Waals surface area contributed by atoms with Gasteiger partial charge in [-0.3, -0.25) is 0 Å². The van der Waals surface area contributed by atoms with Gasteiger partial charge in [-0.15, -0.1) is 0 Å². The molecule has 0 aliphatic carbocycles. The Morgan fingerprint density at radius 1 is 1.00 bits per heavy atom. The molecule has 1 aromatic carbocycles. The molecule has 0 atom stereocenters.